The number of nitrogens with zero attached hydrogens (tertiary/aromatic N) is 6. The third-order valence-electron chi connectivity index (χ3n) is 5.30. The van der Waals surface area contributed by atoms with E-state index in [-0.39, 0.29) is 11.9 Å². The molecular formula is C20H24N6O3. The third kappa shape index (κ3) is 3.67. The molecular weight excluding hydrogens is 372 g/mol. The Morgan fingerprint density at radius 2 is 1.79 bits per heavy atom. The topological polar surface area (TPSA) is 87.3 Å². The SMILES string of the molecule is COc1ccc(OC)c(-c2cc(C(=O)N3CCC(n4nccn4)CC3)n(C)n2)c1. The van der Waals surface area contributed by atoms with E-state index in [9.17, 15) is 4.79 Å². The second kappa shape index (κ2) is 7.94. The molecule has 9 nitrogen and oxygen atoms in total. The first-order valence-electron chi connectivity index (χ1n) is 9.52. The summed E-state index contributed by atoms with van der Waals surface area (Å²) in [6.45, 7) is 1.32. The van der Waals surface area contributed by atoms with Gasteiger partial charge in [-0.25, -0.2) is 0 Å². The van der Waals surface area contributed by atoms with Crippen molar-refractivity contribution >= 4 is 5.91 Å². The molecule has 0 unspecified atom stereocenters. The maximum Gasteiger partial charge on any atom is 0.272 e. The minimum absolute atomic E-state index is 0.0278. The zero-order valence-corrected chi connectivity index (χ0v) is 16.8. The normalized spacial score (nSPS) is 14.8. The van der Waals surface area contributed by atoms with E-state index in [1.807, 2.05) is 23.1 Å². The Morgan fingerprint density at radius 3 is 2.45 bits per heavy atom. The number of ether oxygens (including phenoxy) is 2. The van der Waals surface area contributed by atoms with Crippen LogP contribution in [0, 0.1) is 0 Å². The van der Waals surface area contributed by atoms with Crippen molar-refractivity contribution in [2.75, 3.05) is 27.3 Å². The fourth-order valence-electron chi connectivity index (χ4n) is 3.69. The predicted molar refractivity (Wildman–Crippen MR) is 106 cm³/mol. The largest absolute Gasteiger partial charge is 0.497 e. The summed E-state index contributed by atoms with van der Waals surface area (Å²) in [7, 11) is 5.00. The molecule has 1 aliphatic rings. The van der Waals surface area contributed by atoms with Gasteiger partial charge in [0.25, 0.3) is 5.91 Å². The van der Waals surface area contributed by atoms with Gasteiger partial charge in [0.1, 0.15) is 17.2 Å². The molecule has 0 aliphatic carbocycles. The smallest absolute Gasteiger partial charge is 0.272 e. The molecule has 1 fully saturated rings. The quantitative estimate of drug-likeness (QED) is 0.657. The van der Waals surface area contributed by atoms with Crippen molar-refractivity contribution in [3.05, 3.63) is 42.4 Å². The number of methoxy groups -OCH3 is 2. The number of hydrogen-bond acceptors (Lipinski definition) is 6. The molecule has 0 spiro atoms. The number of hydrogen-bond donors (Lipinski definition) is 0. The van der Waals surface area contributed by atoms with Gasteiger partial charge in [0.05, 0.1) is 38.3 Å². The van der Waals surface area contributed by atoms with E-state index in [4.69, 9.17) is 9.47 Å². The van der Waals surface area contributed by atoms with Gasteiger partial charge in [0, 0.05) is 25.7 Å². The molecule has 0 bridgehead atoms. The van der Waals surface area contributed by atoms with Crippen molar-refractivity contribution in [1.29, 1.82) is 0 Å². The van der Waals surface area contributed by atoms with Gasteiger partial charge >= 0.3 is 0 Å². The lowest BCUT2D eigenvalue weighted by Crippen LogP contribution is -2.40. The van der Waals surface area contributed by atoms with Crippen LogP contribution in [0.5, 0.6) is 11.5 Å². The molecule has 0 atom stereocenters. The summed E-state index contributed by atoms with van der Waals surface area (Å²) in [4.78, 5) is 16.7. The maximum absolute atomic E-state index is 13.1. The molecule has 1 aromatic carbocycles. The van der Waals surface area contributed by atoms with Gasteiger partial charge in [0.2, 0.25) is 0 Å². The summed E-state index contributed by atoms with van der Waals surface area (Å²) in [6.07, 6.45) is 5.02. The summed E-state index contributed by atoms with van der Waals surface area (Å²) < 4.78 is 12.4. The molecule has 29 heavy (non-hydrogen) atoms. The highest BCUT2D eigenvalue weighted by Crippen LogP contribution is 2.33. The predicted octanol–water partition coefficient (Wildman–Crippen LogP) is 2.17. The van der Waals surface area contributed by atoms with Crippen LogP contribution in [0.1, 0.15) is 29.4 Å². The van der Waals surface area contributed by atoms with Crippen molar-refractivity contribution in [3.8, 4) is 22.8 Å². The molecule has 9 heteroatoms. The Morgan fingerprint density at radius 1 is 1.07 bits per heavy atom. The van der Waals surface area contributed by atoms with Crippen molar-refractivity contribution in [1.82, 2.24) is 29.7 Å². The van der Waals surface area contributed by atoms with Crippen LogP contribution < -0.4 is 9.47 Å². The van der Waals surface area contributed by atoms with E-state index in [0.717, 1.165) is 18.4 Å². The molecule has 152 valence electrons. The number of aromatic nitrogens is 5. The van der Waals surface area contributed by atoms with Crippen molar-refractivity contribution in [2.45, 2.75) is 18.9 Å². The monoisotopic (exact) mass is 396 g/mol. The Hall–Kier alpha value is -3.36. The van der Waals surface area contributed by atoms with Gasteiger partial charge in [0.15, 0.2) is 0 Å². The molecule has 0 radical (unpaired) electrons. The summed E-state index contributed by atoms with van der Waals surface area (Å²) in [5, 5.41) is 13.0. The van der Waals surface area contributed by atoms with Crippen LogP contribution in [0.2, 0.25) is 0 Å². The van der Waals surface area contributed by atoms with Crippen LogP contribution in [0.3, 0.4) is 0 Å². The van der Waals surface area contributed by atoms with Gasteiger partial charge in [-0.2, -0.15) is 20.1 Å². The molecule has 1 aliphatic heterocycles. The number of rotatable bonds is 5. The molecule has 1 saturated heterocycles. The van der Waals surface area contributed by atoms with Crippen LogP contribution in [-0.4, -0.2) is 62.9 Å². The van der Waals surface area contributed by atoms with Crippen LogP contribution in [0.15, 0.2) is 36.7 Å². The second-order valence-electron chi connectivity index (χ2n) is 6.98. The van der Waals surface area contributed by atoms with Crippen LogP contribution >= 0.6 is 0 Å². The van der Waals surface area contributed by atoms with Crippen molar-refractivity contribution < 1.29 is 14.3 Å². The first kappa shape index (κ1) is 19.0. The van der Waals surface area contributed by atoms with Gasteiger partial charge in [-0.15, -0.1) is 0 Å². The first-order valence-corrected chi connectivity index (χ1v) is 9.52. The maximum atomic E-state index is 13.1. The fraction of sp³-hybridized carbons (Fsp3) is 0.400. The highest BCUT2D eigenvalue weighted by Gasteiger charge is 2.27. The molecule has 3 heterocycles. The number of likely N-dealkylation sites (tertiary alicyclic amines) is 1. The van der Waals surface area contributed by atoms with Crippen LogP contribution in [0.25, 0.3) is 11.3 Å². The van der Waals surface area contributed by atoms with Crippen molar-refractivity contribution in [2.24, 2.45) is 7.05 Å². The van der Waals surface area contributed by atoms with E-state index < -0.39 is 0 Å². The number of amides is 1. The van der Waals surface area contributed by atoms with E-state index >= 15 is 0 Å². The van der Waals surface area contributed by atoms with E-state index in [0.29, 0.717) is 36.0 Å². The standard InChI is InChI=1S/C20H24N6O3/c1-24-18(13-17(23-24)16-12-15(28-2)4-5-19(16)29-3)20(27)25-10-6-14(7-11-25)26-21-8-9-22-26/h4-5,8-9,12-14H,6-7,10-11H2,1-3H3. The molecule has 0 saturated carbocycles. The molecule has 0 N–H and O–H groups in total. The lowest BCUT2D eigenvalue weighted by atomic mass is 10.1. The Labute approximate surface area is 168 Å². The minimum atomic E-state index is -0.0278. The Kier molecular flexibility index (Phi) is 5.20. The Bertz CT molecular complexity index is 990. The van der Waals surface area contributed by atoms with Gasteiger partial charge in [-0.05, 0) is 37.1 Å². The zero-order valence-electron chi connectivity index (χ0n) is 16.8. The lowest BCUT2D eigenvalue weighted by molar-refractivity contribution is 0.0672. The fourth-order valence-corrected chi connectivity index (χ4v) is 3.69. The highest BCUT2D eigenvalue weighted by molar-refractivity contribution is 5.94. The summed E-state index contributed by atoms with van der Waals surface area (Å²) in [6, 6.07) is 7.56. The number of aryl methyl sites for hydroxylation is 1. The summed E-state index contributed by atoms with van der Waals surface area (Å²) in [5.74, 6) is 1.35. The number of benzene rings is 1. The average Bonchev–Trinajstić information content (AvgIpc) is 3.43. The van der Waals surface area contributed by atoms with E-state index in [2.05, 4.69) is 15.3 Å². The number of carbonyl (C=O) groups excluding carboxylic acids is 1. The zero-order chi connectivity index (χ0) is 20.4. The lowest BCUT2D eigenvalue weighted by Gasteiger charge is -2.31. The number of carbonyl (C=O) groups is 1. The molecule has 2 aromatic heterocycles. The summed E-state index contributed by atoms with van der Waals surface area (Å²) >= 11 is 0. The van der Waals surface area contributed by atoms with Gasteiger partial charge < -0.3 is 14.4 Å². The molecule has 4 rings (SSSR count). The van der Waals surface area contributed by atoms with Crippen LogP contribution in [-0.2, 0) is 7.05 Å². The van der Waals surface area contributed by atoms with Gasteiger partial charge in [-0.1, -0.05) is 0 Å². The van der Waals surface area contributed by atoms with E-state index in [1.165, 1.54) is 0 Å². The third-order valence-corrected chi connectivity index (χ3v) is 5.30. The highest BCUT2D eigenvalue weighted by atomic mass is 16.5. The molecule has 1 amide bonds. The first-order chi connectivity index (χ1) is 14.1. The van der Waals surface area contributed by atoms with E-state index in [1.54, 1.807) is 49.2 Å². The Balaban J connectivity index is 1.53. The average molecular weight is 396 g/mol. The summed E-state index contributed by atoms with van der Waals surface area (Å²) in [5.41, 5.74) is 1.99. The van der Waals surface area contributed by atoms with Crippen LogP contribution in [0.4, 0.5) is 0 Å². The molecule has 3 aromatic rings. The minimum Gasteiger partial charge on any atom is -0.497 e. The second-order valence-corrected chi connectivity index (χ2v) is 6.98. The van der Waals surface area contributed by atoms with Crippen molar-refractivity contribution in [3.63, 3.8) is 0 Å². The van der Waals surface area contributed by atoms with Gasteiger partial charge in [-0.3, -0.25) is 9.48 Å². The number of piperidine rings is 1.